The molecule has 0 bridgehead atoms. The Morgan fingerprint density at radius 3 is 2.64 bits per heavy atom. The Bertz CT molecular complexity index is 832. The molecule has 0 aliphatic carbocycles. The normalized spacial score (nSPS) is 20.8. The van der Waals surface area contributed by atoms with E-state index in [4.69, 9.17) is 9.47 Å². The molecule has 0 spiro atoms. The number of carboxylic acid groups (broad SMARTS) is 1. The lowest BCUT2D eigenvalue weighted by Gasteiger charge is -2.25. The molecular formula is C19H22N2O7. The number of imide groups is 1. The van der Waals surface area contributed by atoms with Crippen LogP contribution in [0.2, 0.25) is 0 Å². The molecule has 2 atom stereocenters. The Balaban J connectivity index is 1.80. The molecule has 2 aliphatic rings. The minimum absolute atomic E-state index is 0.0856. The summed E-state index contributed by atoms with van der Waals surface area (Å²) in [7, 11) is 1.33. The van der Waals surface area contributed by atoms with E-state index in [2.05, 4.69) is 5.32 Å². The molecule has 28 heavy (non-hydrogen) atoms. The quantitative estimate of drug-likeness (QED) is 0.657. The van der Waals surface area contributed by atoms with E-state index in [0.717, 1.165) is 17.7 Å². The van der Waals surface area contributed by atoms with Crippen LogP contribution in [0.5, 0.6) is 0 Å². The van der Waals surface area contributed by atoms with Crippen LogP contribution in [0.15, 0.2) is 18.2 Å². The summed E-state index contributed by atoms with van der Waals surface area (Å²) in [6.45, 7) is 1.88. The number of amides is 3. The summed E-state index contributed by atoms with van der Waals surface area (Å²) in [4.78, 5) is 50.3. The fourth-order valence-corrected chi connectivity index (χ4v) is 3.35. The Labute approximate surface area is 161 Å². The predicted molar refractivity (Wildman–Crippen MR) is 96.2 cm³/mol. The van der Waals surface area contributed by atoms with Crippen LogP contribution in [0.1, 0.15) is 50.8 Å². The first-order valence-electron chi connectivity index (χ1n) is 8.93. The number of ether oxygens (including phenoxy) is 2. The summed E-state index contributed by atoms with van der Waals surface area (Å²) >= 11 is 0. The molecule has 0 radical (unpaired) electrons. The summed E-state index contributed by atoms with van der Waals surface area (Å²) < 4.78 is 10.4. The van der Waals surface area contributed by atoms with E-state index >= 15 is 0 Å². The number of rotatable bonds is 7. The van der Waals surface area contributed by atoms with Crippen molar-refractivity contribution in [3.05, 3.63) is 34.9 Å². The smallest absolute Gasteiger partial charge is 0.331 e. The summed E-state index contributed by atoms with van der Waals surface area (Å²) in [6.07, 6.45) is 1.51. The van der Waals surface area contributed by atoms with Crippen LogP contribution in [0.25, 0.3) is 0 Å². The Kier molecular flexibility index (Phi) is 5.48. The highest BCUT2D eigenvalue weighted by Crippen LogP contribution is 2.26. The minimum atomic E-state index is -1.63. The van der Waals surface area contributed by atoms with Gasteiger partial charge in [0, 0.05) is 19.3 Å². The number of carboxylic acids is 1. The van der Waals surface area contributed by atoms with Crippen molar-refractivity contribution in [2.24, 2.45) is 0 Å². The maximum atomic E-state index is 12.7. The van der Waals surface area contributed by atoms with Crippen LogP contribution in [0, 0.1) is 0 Å². The van der Waals surface area contributed by atoms with Crippen LogP contribution in [0.3, 0.4) is 0 Å². The van der Waals surface area contributed by atoms with Crippen molar-refractivity contribution in [3.8, 4) is 0 Å². The minimum Gasteiger partial charge on any atom is -0.479 e. The molecule has 1 fully saturated rings. The zero-order chi connectivity index (χ0) is 20.5. The monoisotopic (exact) mass is 390 g/mol. The maximum absolute atomic E-state index is 12.7. The standard InChI is InChI=1S/C19H22N2O7/c1-19(10-27-2,18(25)26)20-15(22)11-5-6-13-14(8-11)17(24)21(16(13)23)9-12-4-3-7-28-12/h5-6,8,12H,3-4,7,9-10H2,1-2H3,(H,20,22)(H,25,26). The molecule has 2 aliphatic heterocycles. The maximum Gasteiger partial charge on any atom is 0.331 e. The number of fused-ring (bicyclic) bond motifs is 1. The van der Waals surface area contributed by atoms with Gasteiger partial charge in [-0.1, -0.05) is 0 Å². The van der Waals surface area contributed by atoms with E-state index in [1.54, 1.807) is 0 Å². The van der Waals surface area contributed by atoms with E-state index in [1.165, 1.54) is 32.2 Å². The van der Waals surface area contributed by atoms with Crippen molar-refractivity contribution in [3.63, 3.8) is 0 Å². The largest absolute Gasteiger partial charge is 0.479 e. The second-order valence-electron chi connectivity index (χ2n) is 7.14. The van der Waals surface area contributed by atoms with Crippen LogP contribution in [-0.4, -0.2) is 72.2 Å². The third kappa shape index (κ3) is 3.63. The van der Waals surface area contributed by atoms with Crippen molar-refractivity contribution in [2.75, 3.05) is 26.9 Å². The van der Waals surface area contributed by atoms with Gasteiger partial charge in [0.05, 0.1) is 30.4 Å². The van der Waals surface area contributed by atoms with E-state index in [9.17, 15) is 24.3 Å². The molecule has 2 unspecified atom stereocenters. The van der Waals surface area contributed by atoms with Gasteiger partial charge in [-0.2, -0.15) is 0 Å². The lowest BCUT2D eigenvalue weighted by atomic mass is 10.0. The number of aliphatic carboxylic acids is 1. The zero-order valence-corrected chi connectivity index (χ0v) is 15.7. The molecule has 1 aromatic carbocycles. The van der Waals surface area contributed by atoms with Gasteiger partial charge in [0.2, 0.25) is 0 Å². The van der Waals surface area contributed by atoms with Gasteiger partial charge in [0.25, 0.3) is 17.7 Å². The van der Waals surface area contributed by atoms with E-state index < -0.39 is 29.2 Å². The zero-order valence-electron chi connectivity index (χ0n) is 15.7. The number of benzene rings is 1. The van der Waals surface area contributed by atoms with Gasteiger partial charge in [-0.05, 0) is 38.0 Å². The van der Waals surface area contributed by atoms with Gasteiger partial charge in [0.1, 0.15) is 0 Å². The van der Waals surface area contributed by atoms with Crippen molar-refractivity contribution >= 4 is 23.7 Å². The van der Waals surface area contributed by atoms with Crippen LogP contribution < -0.4 is 5.32 Å². The van der Waals surface area contributed by atoms with Crippen molar-refractivity contribution in [1.82, 2.24) is 10.2 Å². The molecule has 3 rings (SSSR count). The third-order valence-corrected chi connectivity index (χ3v) is 4.94. The highest BCUT2D eigenvalue weighted by molar-refractivity contribution is 6.22. The van der Waals surface area contributed by atoms with E-state index in [1.807, 2.05) is 0 Å². The van der Waals surface area contributed by atoms with Gasteiger partial charge >= 0.3 is 5.97 Å². The molecule has 1 saturated heterocycles. The van der Waals surface area contributed by atoms with Gasteiger partial charge in [-0.15, -0.1) is 0 Å². The summed E-state index contributed by atoms with van der Waals surface area (Å²) in [5.74, 6) is -2.83. The number of nitrogens with one attached hydrogen (secondary N) is 1. The summed E-state index contributed by atoms with van der Waals surface area (Å²) in [5, 5.41) is 11.8. The fraction of sp³-hybridized carbons (Fsp3) is 0.474. The Morgan fingerprint density at radius 1 is 1.32 bits per heavy atom. The SMILES string of the molecule is COCC(C)(NC(=O)c1ccc2c(c1)C(=O)N(CC1CCCO1)C2=O)C(=O)O. The average Bonchev–Trinajstić information content (AvgIpc) is 3.24. The first kappa shape index (κ1) is 20.0. The molecule has 150 valence electrons. The topological polar surface area (TPSA) is 122 Å². The second kappa shape index (κ2) is 7.69. The Hall–Kier alpha value is -2.78. The molecule has 2 heterocycles. The molecule has 0 aromatic heterocycles. The number of carbonyl (C=O) groups is 4. The molecule has 9 heteroatoms. The number of hydrogen-bond donors (Lipinski definition) is 2. The summed E-state index contributed by atoms with van der Waals surface area (Å²) in [6, 6.07) is 4.12. The lowest BCUT2D eigenvalue weighted by Crippen LogP contribution is -2.55. The van der Waals surface area contributed by atoms with Gasteiger partial charge in [-0.3, -0.25) is 19.3 Å². The number of nitrogens with zero attached hydrogens (tertiary/aromatic N) is 1. The molecule has 3 amide bonds. The average molecular weight is 390 g/mol. The van der Waals surface area contributed by atoms with Gasteiger partial charge < -0.3 is 19.9 Å². The number of methoxy groups -OCH3 is 1. The Morgan fingerprint density at radius 2 is 2.04 bits per heavy atom. The molecular weight excluding hydrogens is 368 g/mol. The highest BCUT2D eigenvalue weighted by atomic mass is 16.5. The summed E-state index contributed by atoms with van der Waals surface area (Å²) in [5.41, 5.74) is -1.20. The molecule has 1 aromatic rings. The third-order valence-electron chi connectivity index (χ3n) is 4.94. The number of hydrogen-bond acceptors (Lipinski definition) is 6. The van der Waals surface area contributed by atoms with Crippen LogP contribution in [0.4, 0.5) is 0 Å². The van der Waals surface area contributed by atoms with E-state index in [0.29, 0.717) is 6.61 Å². The van der Waals surface area contributed by atoms with Gasteiger partial charge in [0.15, 0.2) is 5.54 Å². The fourth-order valence-electron chi connectivity index (χ4n) is 3.35. The molecule has 2 N–H and O–H groups in total. The van der Waals surface area contributed by atoms with Crippen LogP contribution >= 0.6 is 0 Å². The lowest BCUT2D eigenvalue weighted by molar-refractivity contribution is -0.145. The second-order valence-corrected chi connectivity index (χ2v) is 7.14. The first-order chi connectivity index (χ1) is 13.3. The van der Waals surface area contributed by atoms with Crippen molar-refractivity contribution in [2.45, 2.75) is 31.4 Å². The van der Waals surface area contributed by atoms with Crippen molar-refractivity contribution in [1.29, 1.82) is 0 Å². The number of carbonyl (C=O) groups excluding carboxylic acids is 3. The van der Waals surface area contributed by atoms with Gasteiger partial charge in [-0.25, -0.2) is 4.79 Å². The predicted octanol–water partition coefficient (Wildman–Crippen LogP) is 0.681. The van der Waals surface area contributed by atoms with Crippen LogP contribution in [-0.2, 0) is 14.3 Å². The molecule has 9 nitrogen and oxygen atoms in total. The highest BCUT2D eigenvalue weighted by Gasteiger charge is 2.39. The first-order valence-corrected chi connectivity index (χ1v) is 8.93. The molecule has 0 saturated carbocycles. The van der Waals surface area contributed by atoms with Crippen molar-refractivity contribution < 1.29 is 33.8 Å². The van der Waals surface area contributed by atoms with E-state index in [-0.39, 0.29) is 35.9 Å².